The third-order valence-corrected chi connectivity index (χ3v) is 5.46. The van der Waals surface area contributed by atoms with E-state index < -0.39 is 9.84 Å². The molecule has 5 nitrogen and oxygen atoms in total. The highest BCUT2D eigenvalue weighted by Crippen LogP contribution is 2.27. The van der Waals surface area contributed by atoms with Crippen LogP contribution in [-0.2, 0) is 9.84 Å². The minimum Gasteiger partial charge on any atom is -0.326 e. The monoisotopic (exact) mass is 283 g/mol. The van der Waals surface area contributed by atoms with Crippen LogP contribution in [0.5, 0.6) is 0 Å². The number of hydrogen-bond donors (Lipinski definition) is 1. The van der Waals surface area contributed by atoms with Gasteiger partial charge >= 0.3 is 0 Å². The zero-order valence-corrected chi connectivity index (χ0v) is 12.2. The maximum absolute atomic E-state index is 11.6. The van der Waals surface area contributed by atoms with Crippen molar-refractivity contribution in [3.8, 4) is 0 Å². The van der Waals surface area contributed by atoms with Crippen LogP contribution in [0.4, 0.5) is 0 Å². The molecule has 3 unspecified atom stereocenters. The SMILES string of the molecule is CC(N)C(c1ccccn1)N(C)C1CCS(=O)(=O)C1. The molecule has 2 N–H and O–H groups in total. The molecule has 1 aliphatic rings. The van der Waals surface area contributed by atoms with E-state index >= 15 is 0 Å². The third kappa shape index (κ3) is 3.32. The van der Waals surface area contributed by atoms with Crippen LogP contribution in [0, 0.1) is 0 Å². The molecular weight excluding hydrogens is 262 g/mol. The second kappa shape index (κ2) is 5.56. The summed E-state index contributed by atoms with van der Waals surface area (Å²) in [4.78, 5) is 6.43. The minimum absolute atomic E-state index is 0.0306. The molecule has 0 bridgehead atoms. The first kappa shape index (κ1) is 14.4. The molecule has 19 heavy (non-hydrogen) atoms. The Labute approximate surface area is 114 Å². The maximum atomic E-state index is 11.6. The summed E-state index contributed by atoms with van der Waals surface area (Å²) < 4.78 is 23.2. The van der Waals surface area contributed by atoms with Crippen LogP contribution >= 0.6 is 0 Å². The molecule has 1 fully saturated rings. The van der Waals surface area contributed by atoms with Crippen LogP contribution in [0.2, 0.25) is 0 Å². The largest absolute Gasteiger partial charge is 0.326 e. The summed E-state index contributed by atoms with van der Waals surface area (Å²) in [5.74, 6) is 0.495. The molecule has 0 aromatic carbocycles. The quantitative estimate of drug-likeness (QED) is 0.875. The summed E-state index contributed by atoms with van der Waals surface area (Å²) in [5.41, 5.74) is 6.97. The Kier molecular flexibility index (Phi) is 4.23. The van der Waals surface area contributed by atoms with Gasteiger partial charge in [-0.2, -0.15) is 0 Å². The van der Waals surface area contributed by atoms with E-state index in [1.54, 1.807) is 6.20 Å². The van der Waals surface area contributed by atoms with Crippen LogP contribution in [0.3, 0.4) is 0 Å². The fraction of sp³-hybridized carbons (Fsp3) is 0.615. The Bertz CT molecular complexity index is 516. The van der Waals surface area contributed by atoms with Crippen molar-refractivity contribution < 1.29 is 8.42 Å². The van der Waals surface area contributed by atoms with Gasteiger partial charge in [-0.25, -0.2) is 8.42 Å². The van der Waals surface area contributed by atoms with Gasteiger partial charge in [0.25, 0.3) is 0 Å². The zero-order chi connectivity index (χ0) is 14.0. The Hall–Kier alpha value is -0.980. The predicted molar refractivity (Wildman–Crippen MR) is 75.4 cm³/mol. The van der Waals surface area contributed by atoms with Crippen molar-refractivity contribution >= 4 is 9.84 Å². The van der Waals surface area contributed by atoms with Gasteiger partial charge in [0.15, 0.2) is 9.84 Å². The van der Waals surface area contributed by atoms with Gasteiger partial charge in [0.2, 0.25) is 0 Å². The van der Waals surface area contributed by atoms with Crippen molar-refractivity contribution in [3.63, 3.8) is 0 Å². The summed E-state index contributed by atoms with van der Waals surface area (Å²) in [6.45, 7) is 1.93. The van der Waals surface area contributed by atoms with Gasteiger partial charge in [0.1, 0.15) is 0 Å². The molecule has 1 aromatic heterocycles. The first-order valence-corrected chi connectivity index (χ1v) is 8.32. The number of nitrogens with two attached hydrogens (primary N) is 1. The molecule has 2 rings (SSSR count). The molecule has 0 aliphatic carbocycles. The van der Waals surface area contributed by atoms with E-state index in [0.717, 1.165) is 5.69 Å². The molecule has 1 aromatic rings. The van der Waals surface area contributed by atoms with E-state index in [0.29, 0.717) is 6.42 Å². The lowest BCUT2D eigenvalue weighted by atomic mass is 10.0. The van der Waals surface area contributed by atoms with Crippen LogP contribution in [0.1, 0.15) is 25.1 Å². The highest BCUT2D eigenvalue weighted by molar-refractivity contribution is 7.91. The second-order valence-corrected chi connectivity index (χ2v) is 7.51. The van der Waals surface area contributed by atoms with E-state index in [2.05, 4.69) is 9.88 Å². The Balaban J connectivity index is 2.21. The van der Waals surface area contributed by atoms with Crippen molar-refractivity contribution in [3.05, 3.63) is 30.1 Å². The highest BCUT2D eigenvalue weighted by Gasteiger charge is 2.35. The normalized spacial score (nSPS) is 25.4. The lowest BCUT2D eigenvalue weighted by Gasteiger charge is -2.34. The fourth-order valence-corrected chi connectivity index (χ4v) is 4.51. The average molecular weight is 283 g/mol. The van der Waals surface area contributed by atoms with Gasteiger partial charge in [-0.05, 0) is 32.5 Å². The number of likely N-dealkylation sites (N-methyl/N-ethyl adjacent to an activating group) is 1. The molecule has 0 saturated carbocycles. The Morgan fingerprint density at radius 2 is 2.21 bits per heavy atom. The van der Waals surface area contributed by atoms with Crippen molar-refractivity contribution in [1.82, 2.24) is 9.88 Å². The molecule has 6 heteroatoms. The smallest absolute Gasteiger partial charge is 0.151 e. The Morgan fingerprint density at radius 3 is 2.68 bits per heavy atom. The number of rotatable bonds is 4. The first-order chi connectivity index (χ1) is 8.91. The molecular formula is C13H21N3O2S. The molecule has 0 spiro atoms. The van der Waals surface area contributed by atoms with E-state index in [1.165, 1.54) is 0 Å². The first-order valence-electron chi connectivity index (χ1n) is 6.49. The van der Waals surface area contributed by atoms with Gasteiger partial charge in [0, 0.05) is 18.3 Å². The van der Waals surface area contributed by atoms with Crippen molar-refractivity contribution in [2.24, 2.45) is 5.73 Å². The number of pyridine rings is 1. The Morgan fingerprint density at radius 1 is 1.47 bits per heavy atom. The number of nitrogens with zero attached hydrogens (tertiary/aromatic N) is 2. The maximum Gasteiger partial charge on any atom is 0.151 e. The summed E-state index contributed by atoms with van der Waals surface area (Å²) in [7, 11) is -0.946. The summed E-state index contributed by atoms with van der Waals surface area (Å²) in [5, 5.41) is 0. The van der Waals surface area contributed by atoms with E-state index in [9.17, 15) is 8.42 Å². The van der Waals surface area contributed by atoms with Crippen LogP contribution in [0.25, 0.3) is 0 Å². The van der Waals surface area contributed by atoms with E-state index in [4.69, 9.17) is 5.73 Å². The van der Waals surface area contributed by atoms with E-state index in [1.807, 2.05) is 32.2 Å². The topological polar surface area (TPSA) is 76.3 Å². The number of hydrogen-bond acceptors (Lipinski definition) is 5. The lowest BCUT2D eigenvalue weighted by molar-refractivity contribution is 0.165. The van der Waals surface area contributed by atoms with Crippen LogP contribution in [0.15, 0.2) is 24.4 Å². The molecule has 3 atom stereocenters. The van der Waals surface area contributed by atoms with Gasteiger partial charge in [0.05, 0.1) is 23.2 Å². The standard InChI is InChI=1S/C13H21N3O2S/c1-10(14)13(12-5-3-4-7-15-12)16(2)11-6-8-19(17,18)9-11/h3-5,7,10-11,13H,6,8-9,14H2,1-2H3. The molecule has 2 heterocycles. The van der Waals surface area contributed by atoms with Crippen LogP contribution < -0.4 is 5.73 Å². The molecule has 1 saturated heterocycles. The lowest BCUT2D eigenvalue weighted by Crippen LogP contribution is -2.43. The minimum atomic E-state index is -2.88. The second-order valence-electron chi connectivity index (χ2n) is 5.28. The summed E-state index contributed by atoms with van der Waals surface area (Å²) >= 11 is 0. The summed E-state index contributed by atoms with van der Waals surface area (Å²) in [6, 6.07) is 5.60. The molecule has 1 aliphatic heterocycles. The van der Waals surface area contributed by atoms with Gasteiger partial charge in [-0.15, -0.1) is 0 Å². The third-order valence-electron chi connectivity index (χ3n) is 3.71. The summed E-state index contributed by atoms with van der Waals surface area (Å²) in [6.07, 6.45) is 2.42. The van der Waals surface area contributed by atoms with Crippen molar-refractivity contribution in [2.75, 3.05) is 18.6 Å². The predicted octanol–water partition coefficient (Wildman–Crippen LogP) is 0.589. The molecule has 0 radical (unpaired) electrons. The van der Waals surface area contributed by atoms with E-state index in [-0.39, 0.29) is 29.6 Å². The fourth-order valence-electron chi connectivity index (χ4n) is 2.72. The molecule has 0 amide bonds. The van der Waals surface area contributed by atoms with Gasteiger partial charge < -0.3 is 5.73 Å². The number of aromatic nitrogens is 1. The van der Waals surface area contributed by atoms with Crippen molar-refractivity contribution in [2.45, 2.75) is 31.5 Å². The highest BCUT2D eigenvalue weighted by atomic mass is 32.2. The van der Waals surface area contributed by atoms with Crippen LogP contribution in [-0.4, -0.2) is 48.9 Å². The zero-order valence-electron chi connectivity index (χ0n) is 11.4. The van der Waals surface area contributed by atoms with Crippen molar-refractivity contribution in [1.29, 1.82) is 0 Å². The average Bonchev–Trinajstić information content (AvgIpc) is 2.71. The van der Waals surface area contributed by atoms with Gasteiger partial charge in [-0.1, -0.05) is 6.07 Å². The molecule has 106 valence electrons. The van der Waals surface area contributed by atoms with Gasteiger partial charge in [-0.3, -0.25) is 9.88 Å². The number of sulfone groups is 1.